The molecule has 0 radical (unpaired) electrons. The summed E-state index contributed by atoms with van der Waals surface area (Å²) in [6.45, 7) is 3.46. The molecule has 1 aromatic carbocycles. The molecule has 2 unspecified atom stereocenters. The van der Waals surface area contributed by atoms with Crippen LogP contribution in [0.1, 0.15) is 31.9 Å². The fraction of sp³-hybridized carbons (Fsp3) is 0.385. The number of nitriles is 1. The number of hydrogen-bond acceptors (Lipinski definition) is 2. The fourth-order valence-electron chi connectivity index (χ4n) is 1.55. The smallest absolute Gasteiger partial charge is 0.237 e. The molecular formula is C13H15FN2O. The Morgan fingerprint density at radius 3 is 2.71 bits per heavy atom. The number of nitrogens with one attached hydrogen (secondary N) is 1. The molecule has 2 atom stereocenters. The van der Waals surface area contributed by atoms with E-state index >= 15 is 0 Å². The lowest BCUT2D eigenvalue weighted by Crippen LogP contribution is -2.32. The lowest BCUT2D eigenvalue weighted by molar-refractivity contribution is -0.124. The monoisotopic (exact) mass is 234 g/mol. The van der Waals surface area contributed by atoms with Crippen LogP contribution in [0.3, 0.4) is 0 Å². The van der Waals surface area contributed by atoms with Crippen molar-refractivity contribution in [2.45, 2.75) is 26.3 Å². The molecule has 1 rings (SSSR count). The van der Waals surface area contributed by atoms with Gasteiger partial charge < -0.3 is 5.32 Å². The van der Waals surface area contributed by atoms with Crippen molar-refractivity contribution in [1.82, 2.24) is 5.32 Å². The first-order chi connectivity index (χ1) is 8.10. The molecule has 4 heteroatoms. The van der Waals surface area contributed by atoms with Crippen molar-refractivity contribution in [2.24, 2.45) is 5.92 Å². The molecule has 0 saturated carbocycles. The number of rotatable bonds is 4. The normalized spacial score (nSPS) is 13.5. The van der Waals surface area contributed by atoms with Crippen LogP contribution in [0.2, 0.25) is 0 Å². The summed E-state index contributed by atoms with van der Waals surface area (Å²) in [6, 6.07) is 7.75. The minimum absolute atomic E-state index is 0.356. The summed E-state index contributed by atoms with van der Waals surface area (Å²) in [5, 5.41) is 11.4. The second-order valence-corrected chi connectivity index (χ2v) is 3.84. The van der Waals surface area contributed by atoms with Crippen molar-refractivity contribution >= 4 is 5.91 Å². The molecule has 0 aromatic heterocycles. The lowest BCUT2D eigenvalue weighted by atomic mass is 10.0. The van der Waals surface area contributed by atoms with Gasteiger partial charge in [0.2, 0.25) is 5.91 Å². The summed E-state index contributed by atoms with van der Waals surface area (Å²) in [7, 11) is 0. The van der Waals surface area contributed by atoms with E-state index in [4.69, 9.17) is 5.26 Å². The number of hydrogen-bond donors (Lipinski definition) is 1. The molecule has 0 spiro atoms. The SMILES string of the molecule is CCC(C#N)C(=O)NC(C)c1ccccc1F. The predicted octanol–water partition coefficient (Wildman–Crippen LogP) is 2.55. The van der Waals surface area contributed by atoms with Gasteiger partial charge in [0, 0.05) is 5.56 Å². The van der Waals surface area contributed by atoms with Gasteiger partial charge in [-0.1, -0.05) is 25.1 Å². The zero-order chi connectivity index (χ0) is 12.8. The first-order valence-electron chi connectivity index (χ1n) is 5.54. The first kappa shape index (κ1) is 13.2. The van der Waals surface area contributed by atoms with Crippen molar-refractivity contribution in [3.8, 4) is 6.07 Å². The fourth-order valence-corrected chi connectivity index (χ4v) is 1.55. The minimum atomic E-state index is -0.677. The number of carbonyl (C=O) groups is 1. The van der Waals surface area contributed by atoms with E-state index in [1.807, 2.05) is 6.07 Å². The number of carbonyl (C=O) groups excluding carboxylic acids is 1. The van der Waals surface area contributed by atoms with Gasteiger partial charge in [-0.15, -0.1) is 0 Å². The standard InChI is InChI=1S/C13H15FN2O/c1-3-10(8-15)13(17)16-9(2)11-6-4-5-7-12(11)14/h4-7,9-10H,3H2,1-2H3,(H,16,17). The van der Waals surface area contributed by atoms with Crippen LogP contribution in [0.25, 0.3) is 0 Å². The van der Waals surface area contributed by atoms with Crippen molar-refractivity contribution in [1.29, 1.82) is 5.26 Å². The number of halogens is 1. The van der Waals surface area contributed by atoms with Crippen molar-refractivity contribution < 1.29 is 9.18 Å². The average molecular weight is 234 g/mol. The molecule has 0 aliphatic heterocycles. The van der Waals surface area contributed by atoms with E-state index in [-0.39, 0.29) is 11.7 Å². The van der Waals surface area contributed by atoms with Gasteiger partial charge in [-0.25, -0.2) is 4.39 Å². The molecule has 17 heavy (non-hydrogen) atoms. The molecule has 0 bridgehead atoms. The maximum Gasteiger partial charge on any atom is 0.237 e. The van der Waals surface area contributed by atoms with E-state index in [0.717, 1.165) is 0 Å². The Hall–Kier alpha value is -1.89. The minimum Gasteiger partial charge on any atom is -0.348 e. The molecular weight excluding hydrogens is 219 g/mol. The third-order valence-electron chi connectivity index (χ3n) is 2.61. The van der Waals surface area contributed by atoms with Crippen LogP contribution >= 0.6 is 0 Å². The molecule has 90 valence electrons. The van der Waals surface area contributed by atoms with E-state index in [1.54, 1.807) is 32.0 Å². The second kappa shape index (κ2) is 6.00. The molecule has 0 fully saturated rings. The van der Waals surface area contributed by atoms with E-state index in [1.165, 1.54) is 6.07 Å². The van der Waals surface area contributed by atoms with Gasteiger partial charge in [0.05, 0.1) is 12.1 Å². The van der Waals surface area contributed by atoms with Gasteiger partial charge in [-0.05, 0) is 19.4 Å². The van der Waals surface area contributed by atoms with Crippen LogP contribution in [0.4, 0.5) is 4.39 Å². The number of benzene rings is 1. The van der Waals surface area contributed by atoms with Gasteiger partial charge in [0.1, 0.15) is 11.7 Å². The van der Waals surface area contributed by atoms with E-state index in [2.05, 4.69) is 5.32 Å². The third kappa shape index (κ3) is 3.28. The Kier molecular flexibility index (Phi) is 4.65. The third-order valence-corrected chi connectivity index (χ3v) is 2.61. The van der Waals surface area contributed by atoms with Crippen LogP contribution in [0.5, 0.6) is 0 Å². The summed E-state index contributed by atoms with van der Waals surface area (Å²) in [5.41, 5.74) is 0.425. The van der Waals surface area contributed by atoms with E-state index < -0.39 is 12.0 Å². The lowest BCUT2D eigenvalue weighted by Gasteiger charge is -2.16. The zero-order valence-electron chi connectivity index (χ0n) is 9.90. The summed E-state index contributed by atoms with van der Waals surface area (Å²) in [5.74, 6) is -1.39. The van der Waals surface area contributed by atoms with E-state index in [0.29, 0.717) is 12.0 Å². The molecule has 0 heterocycles. The van der Waals surface area contributed by atoms with Crippen molar-refractivity contribution in [3.05, 3.63) is 35.6 Å². The average Bonchev–Trinajstić information content (AvgIpc) is 2.31. The van der Waals surface area contributed by atoms with Gasteiger partial charge in [0.25, 0.3) is 0 Å². The van der Waals surface area contributed by atoms with Crippen molar-refractivity contribution in [2.75, 3.05) is 0 Å². The maximum atomic E-state index is 13.4. The van der Waals surface area contributed by atoms with Gasteiger partial charge in [-0.2, -0.15) is 5.26 Å². The van der Waals surface area contributed by atoms with Crippen LogP contribution < -0.4 is 5.32 Å². The summed E-state index contributed by atoms with van der Waals surface area (Å²) in [6.07, 6.45) is 0.451. The molecule has 3 nitrogen and oxygen atoms in total. The molecule has 0 aliphatic carbocycles. The van der Waals surface area contributed by atoms with Gasteiger partial charge in [-0.3, -0.25) is 4.79 Å². The van der Waals surface area contributed by atoms with Crippen LogP contribution in [0.15, 0.2) is 24.3 Å². The number of amides is 1. The summed E-state index contributed by atoms with van der Waals surface area (Å²) in [4.78, 5) is 11.6. The summed E-state index contributed by atoms with van der Waals surface area (Å²) < 4.78 is 13.4. The highest BCUT2D eigenvalue weighted by Gasteiger charge is 2.19. The Morgan fingerprint density at radius 1 is 1.53 bits per heavy atom. The molecule has 1 aromatic rings. The Morgan fingerprint density at radius 2 is 2.18 bits per heavy atom. The summed E-state index contributed by atoms with van der Waals surface area (Å²) >= 11 is 0. The number of nitrogens with zero attached hydrogens (tertiary/aromatic N) is 1. The van der Waals surface area contributed by atoms with Crippen LogP contribution in [-0.4, -0.2) is 5.91 Å². The van der Waals surface area contributed by atoms with Crippen LogP contribution in [0, 0.1) is 23.1 Å². The van der Waals surface area contributed by atoms with Crippen LogP contribution in [-0.2, 0) is 4.79 Å². The maximum absolute atomic E-state index is 13.4. The molecule has 0 aliphatic rings. The second-order valence-electron chi connectivity index (χ2n) is 3.84. The highest BCUT2D eigenvalue weighted by Crippen LogP contribution is 2.16. The highest BCUT2D eigenvalue weighted by atomic mass is 19.1. The van der Waals surface area contributed by atoms with Crippen molar-refractivity contribution in [3.63, 3.8) is 0 Å². The molecule has 1 amide bonds. The highest BCUT2D eigenvalue weighted by molar-refractivity contribution is 5.81. The Balaban J connectivity index is 2.74. The quantitative estimate of drug-likeness (QED) is 0.870. The topological polar surface area (TPSA) is 52.9 Å². The molecule has 0 saturated heterocycles. The van der Waals surface area contributed by atoms with E-state index in [9.17, 15) is 9.18 Å². The molecule has 1 N–H and O–H groups in total. The predicted molar refractivity (Wildman–Crippen MR) is 62.4 cm³/mol. The van der Waals surface area contributed by atoms with Gasteiger partial charge in [0.15, 0.2) is 0 Å². The first-order valence-corrected chi connectivity index (χ1v) is 5.54. The zero-order valence-corrected chi connectivity index (χ0v) is 9.90. The Labute approximate surface area is 100 Å². The largest absolute Gasteiger partial charge is 0.348 e. The van der Waals surface area contributed by atoms with Gasteiger partial charge >= 0.3 is 0 Å². The Bertz CT molecular complexity index is 439.